The Hall–Kier alpha value is -0.810. The van der Waals surface area contributed by atoms with Crippen LogP contribution < -0.4 is 5.32 Å². The molecule has 2 aromatic rings. The Morgan fingerprint density at radius 1 is 1.29 bits per heavy atom. The van der Waals surface area contributed by atoms with E-state index in [1.807, 2.05) is 6.07 Å². The average molecular weight is 327 g/mol. The van der Waals surface area contributed by atoms with Gasteiger partial charge in [0.15, 0.2) is 0 Å². The van der Waals surface area contributed by atoms with Gasteiger partial charge in [-0.1, -0.05) is 25.4 Å². The van der Waals surface area contributed by atoms with Crippen LogP contribution in [-0.4, -0.2) is 18.5 Å². The van der Waals surface area contributed by atoms with Gasteiger partial charge in [-0.3, -0.25) is 4.90 Å². The summed E-state index contributed by atoms with van der Waals surface area (Å²) in [6.07, 6.45) is 1.78. The maximum atomic E-state index is 5.97. The maximum Gasteiger partial charge on any atom is 0.122 e. The molecule has 3 nitrogen and oxygen atoms in total. The van der Waals surface area contributed by atoms with E-state index in [1.165, 1.54) is 10.4 Å². The molecule has 0 radical (unpaired) electrons. The van der Waals surface area contributed by atoms with E-state index in [2.05, 4.69) is 43.2 Å². The molecule has 0 saturated heterocycles. The van der Waals surface area contributed by atoms with Crippen molar-refractivity contribution >= 4 is 22.9 Å². The van der Waals surface area contributed by atoms with E-state index < -0.39 is 0 Å². The van der Waals surface area contributed by atoms with Crippen molar-refractivity contribution in [2.75, 3.05) is 13.6 Å². The molecule has 0 amide bonds. The molecule has 2 aromatic heterocycles. The zero-order valence-electron chi connectivity index (χ0n) is 12.9. The molecule has 0 atom stereocenters. The highest BCUT2D eigenvalue weighted by Crippen LogP contribution is 2.23. The largest absolute Gasteiger partial charge is 0.468 e. The van der Waals surface area contributed by atoms with Crippen LogP contribution in [0.25, 0.3) is 0 Å². The maximum absolute atomic E-state index is 5.97. The monoisotopic (exact) mass is 326 g/mol. The number of halogens is 1. The third-order valence-corrected chi connectivity index (χ3v) is 4.39. The molecule has 2 rings (SSSR count). The van der Waals surface area contributed by atoms with Crippen LogP contribution in [0.4, 0.5) is 0 Å². The smallest absolute Gasteiger partial charge is 0.122 e. The number of nitrogens with zero attached hydrogens (tertiary/aromatic N) is 1. The second kappa shape index (κ2) is 7.99. The summed E-state index contributed by atoms with van der Waals surface area (Å²) in [4.78, 5) is 3.51. The zero-order valence-corrected chi connectivity index (χ0v) is 14.4. The molecular formula is C16H23ClN2OS. The molecular weight excluding hydrogens is 304 g/mol. The van der Waals surface area contributed by atoms with E-state index in [0.717, 1.165) is 36.3 Å². The number of hydrogen-bond acceptors (Lipinski definition) is 4. The molecule has 0 fully saturated rings. The number of rotatable bonds is 8. The Kier molecular flexibility index (Phi) is 6.30. The van der Waals surface area contributed by atoms with Gasteiger partial charge in [0.1, 0.15) is 5.76 Å². The van der Waals surface area contributed by atoms with E-state index in [1.54, 1.807) is 17.6 Å². The van der Waals surface area contributed by atoms with Crippen molar-refractivity contribution in [2.24, 2.45) is 5.92 Å². The van der Waals surface area contributed by atoms with Gasteiger partial charge in [-0.25, -0.2) is 0 Å². The van der Waals surface area contributed by atoms with Crippen LogP contribution >= 0.6 is 22.9 Å². The minimum atomic E-state index is 0.659. The lowest BCUT2D eigenvalue weighted by molar-refractivity contribution is 0.288. The molecule has 2 heterocycles. The summed E-state index contributed by atoms with van der Waals surface area (Å²) in [6.45, 7) is 8.00. The summed E-state index contributed by atoms with van der Waals surface area (Å²) < 4.78 is 6.47. The third kappa shape index (κ3) is 5.47. The van der Waals surface area contributed by atoms with Crippen molar-refractivity contribution in [2.45, 2.75) is 33.5 Å². The minimum absolute atomic E-state index is 0.659. The fraction of sp³-hybridized carbons (Fsp3) is 0.500. The van der Waals surface area contributed by atoms with Crippen LogP contribution in [0.3, 0.4) is 0 Å². The Morgan fingerprint density at radius 3 is 2.76 bits per heavy atom. The molecule has 0 aliphatic carbocycles. The van der Waals surface area contributed by atoms with Crippen molar-refractivity contribution in [1.29, 1.82) is 0 Å². The predicted octanol–water partition coefficient (Wildman–Crippen LogP) is 4.37. The molecule has 0 aliphatic rings. The first-order chi connectivity index (χ1) is 10.0. The van der Waals surface area contributed by atoms with Gasteiger partial charge in [0.05, 0.1) is 17.1 Å². The first kappa shape index (κ1) is 16.6. The van der Waals surface area contributed by atoms with Crippen LogP contribution in [-0.2, 0) is 19.6 Å². The standard InChI is InChI=1S/C16H23ClN2OS/c1-12(2)8-18-9-13-6-7-20-15(13)11-19(3)10-14-4-5-16(17)21-14/h4-7,12,18H,8-11H2,1-3H3. The first-order valence-corrected chi connectivity index (χ1v) is 8.42. The fourth-order valence-electron chi connectivity index (χ4n) is 2.16. The number of hydrogen-bond donors (Lipinski definition) is 1. The molecule has 5 heteroatoms. The van der Waals surface area contributed by atoms with E-state index in [9.17, 15) is 0 Å². The van der Waals surface area contributed by atoms with Crippen LogP contribution in [0.15, 0.2) is 28.9 Å². The normalized spacial score (nSPS) is 11.7. The van der Waals surface area contributed by atoms with Gasteiger partial charge in [-0.2, -0.15) is 0 Å². The van der Waals surface area contributed by atoms with Gasteiger partial charge in [0.2, 0.25) is 0 Å². The van der Waals surface area contributed by atoms with Gasteiger partial charge >= 0.3 is 0 Å². The van der Waals surface area contributed by atoms with Gasteiger partial charge in [-0.05, 0) is 37.7 Å². The van der Waals surface area contributed by atoms with E-state index in [4.69, 9.17) is 16.0 Å². The topological polar surface area (TPSA) is 28.4 Å². The average Bonchev–Trinajstić information content (AvgIpc) is 2.99. The van der Waals surface area contributed by atoms with E-state index in [0.29, 0.717) is 5.92 Å². The van der Waals surface area contributed by atoms with Gasteiger partial charge in [0, 0.05) is 23.5 Å². The van der Waals surface area contributed by atoms with E-state index in [-0.39, 0.29) is 0 Å². The number of furan rings is 1. The SMILES string of the molecule is CC(C)CNCc1ccoc1CN(C)Cc1ccc(Cl)s1. The Labute approximate surface area is 135 Å². The lowest BCUT2D eigenvalue weighted by Crippen LogP contribution is -2.21. The molecule has 116 valence electrons. The lowest BCUT2D eigenvalue weighted by Gasteiger charge is -2.15. The van der Waals surface area contributed by atoms with Crippen LogP contribution in [0, 0.1) is 5.92 Å². The predicted molar refractivity (Wildman–Crippen MR) is 89.8 cm³/mol. The Balaban J connectivity index is 1.86. The Bertz CT molecular complexity index is 550. The van der Waals surface area contributed by atoms with E-state index >= 15 is 0 Å². The molecule has 1 N–H and O–H groups in total. The van der Waals surface area contributed by atoms with Crippen LogP contribution in [0.1, 0.15) is 30.0 Å². The third-order valence-electron chi connectivity index (χ3n) is 3.17. The summed E-state index contributed by atoms with van der Waals surface area (Å²) >= 11 is 7.60. The highest BCUT2D eigenvalue weighted by molar-refractivity contribution is 7.16. The second-order valence-electron chi connectivity index (χ2n) is 5.77. The molecule has 0 aromatic carbocycles. The van der Waals surface area contributed by atoms with Crippen molar-refractivity contribution in [3.8, 4) is 0 Å². The number of nitrogens with one attached hydrogen (secondary N) is 1. The van der Waals surface area contributed by atoms with Crippen molar-refractivity contribution < 1.29 is 4.42 Å². The minimum Gasteiger partial charge on any atom is -0.468 e. The Morgan fingerprint density at radius 2 is 2.10 bits per heavy atom. The lowest BCUT2D eigenvalue weighted by atomic mass is 10.2. The number of thiophene rings is 1. The molecule has 0 bridgehead atoms. The van der Waals surface area contributed by atoms with Crippen molar-refractivity contribution in [3.05, 3.63) is 45.0 Å². The van der Waals surface area contributed by atoms with Gasteiger partial charge in [-0.15, -0.1) is 11.3 Å². The molecule has 0 unspecified atom stereocenters. The fourth-order valence-corrected chi connectivity index (χ4v) is 3.33. The quantitative estimate of drug-likeness (QED) is 0.780. The molecule has 0 saturated carbocycles. The molecule has 0 aliphatic heterocycles. The van der Waals surface area contributed by atoms with Crippen molar-refractivity contribution in [1.82, 2.24) is 10.2 Å². The van der Waals surface area contributed by atoms with Crippen molar-refractivity contribution in [3.63, 3.8) is 0 Å². The highest BCUT2D eigenvalue weighted by atomic mass is 35.5. The highest BCUT2D eigenvalue weighted by Gasteiger charge is 2.10. The summed E-state index contributed by atoms with van der Waals surface area (Å²) in [5, 5.41) is 3.46. The first-order valence-electron chi connectivity index (χ1n) is 7.23. The van der Waals surface area contributed by atoms with Gasteiger partial charge < -0.3 is 9.73 Å². The zero-order chi connectivity index (χ0) is 15.2. The second-order valence-corrected chi connectivity index (χ2v) is 7.57. The van der Waals surface area contributed by atoms with Crippen LogP contribution in [0.5, 0.6) is 0 Å². The summed E-state index contributed by atoms with van der Waals surface area (Å²) in [7, 11) is 2.10. The molecule has 21 heavy (non-hydrogen) atoms. The summed E-state index contributed by atoms with van der Waals surface area (Å²) in [5.41, 5.74) is 1.24. The summed E-state index contributed by atoms with van der Waals surface area (Å²) in [5.74, 6) is 1.70. The van der Waals surface area contributed by atoms with Crippen LogP contribution in [0.2, 0.25) is 4.34 Å². The van der Waals surface area contributed by atoms with Gasteiger partial charge in [0.25, 0.3) is 0 Å². The summed E-state index contributed by atoms with van der Waals surface area (Å²) in [6, 6.07) is 6.08. The molecule has 0 spiro atoms.